The molecule has 0 fully saturated rings. The molecule has 3 aromatic rings. The van der Waals surface area contributed by atoms with Gasteiger partial charge in [0.15, 0.2) is 0 Å². The Kier molecular flexibility index (Phi) is 4.22. The quantitative estimate of drug-likeness (QED) is 0.542. The number of rotatable bonds is 3. The van der Waals surface area contributed by atoms with Crippen molar-refractivity contribution in [3.8, 4) is 10.6 Å². The fourth-order valence-electron chi connectivity index (χ4n) is 1.71. The first-order valence-corrected chi connectivity index (χ1v) is 8.37. The average molecular weight is 338 g/mol. The van der Waals surface area contributed by atoms with Crippen molar-refractivity contribution in [1.82, 2.24) is 4.98 Å². The van der Waals surface area contributed by atoms with Crippen LogP contribution in [-0.2, 0) is 0 Å². The summed E-state index contributed by atoms with van der Waals surface area (Å²) < 4.78 is 0. The molecular formula is C15H9Cl2NS2. The molecule has 1 nitrogen and oxygen atoms in total. The van der Waals surface area contributed by atoms with E-state index in [2.05, 4.69) is 21.8 Å². The summed E-state index contributed by atoms with van der Waals surface area (Å²) in [6.07, 6.45) is 3.89. The summed E-state index contributed by atoms with van der Waals surface area (Å²) in [5, 5.41) is 6.19. The summed E-state index contributed by atoms with van der Waals surface area (Å²) in [4.78, 5) is 5.77. The van der Waals surface area contributed by atoms with Crippen LogP contribution in [0.1, 0.15) is 10.6 Å². The molecule has 0 aliphatic heterocycles. The summed E-state index contributed by atoms with van der Waals surface area (Å²) >= 11 is 15.4. The second-order valence-corrected chi connectivity index (χ2v) is 6.65. The Morgan fingerprint density at radius 2 is 1.90 bits per heavy atom. The van der Waals surface area contributed by atoms with E-state index in [0.29, 0.717) is 10.0 Å². The van der Waals surface area contributed by atoms with Crippen molar-refractivity contribution in [1.29, 1.82) is 0 Å². The summed E-state index contributed by atoms with van der Waals surface area (Å²) in [7, 11) is 0. The lowest BCUT2D eigenvalue weighted by Crippen LogP contribution is -1.76. The number of thiophene rings is 1. The predicted octanol–water partition coefficient (Wildman–Crippen LogP) is 6.35. The van der Waals surface area contributed by atoms with Crippen LogP contribution in [0.15, 0.2) is 41.1 Å². The van der Waals surface area contributed by atoms with E-state index in [1.807, 2.05) is 30.4 Å². The third kappa shape index (κ3) is 2.96. The van der Waals surface area contributed by atoms with Gasteiger partial charge >= 0.3 is 0 Å². The fourth-order valence-corrected chi connectivity index (χ4v) is 3.55. The molecule has 3 rings (SSSR count). The Morgan fingerprint density at radius 3 is 2.70 bits per heavy atom. The monoisotopic (exact) mass is 337 g/mol. The molecule has 1 aromatic carbocycles. The van der Waals surface area contributed by atoms with Crippen molar-refractivity contribution < 1.29 is 0 Å². The molecule has 5 heteroatoms. The zero-order valence-electron chi connectivity index (χ0n) is 10.2. The molecule has 100 valence electrons. The number of aromatic nitrogens is 1. The van der Waals surface area contributed by atoms with E-state index in [-0.39, 0.29) is 0 Å². The molecule has 0 radical (unpaired) electrons. The molecule has 0 N–H and O–H groups in total. The first-order chi connectivity index (χ1) is 9.74. The minimum Gasteiger partial charge on any atom is -0.236 e. The fraction of sp³-hybridized carbons (Fsp3) is 0. The highest BCUT2D eigenvalue weighted by atomic mass is 35.5. The lowest BCUT2D eigenvalue weighted by molar-refractivity contribution is 1.40. The van der Waals surface area contributed by atoms with Crippen LogP contribution < -0.4 is 0 Å². The molecule has 0 unspecified atom stereocenters. The molecule has 0 amide bonds. The van der Waals surface area contributed by atoms with Crippen LogP contribution in [0.3, 0.4) is 0 Å². The van der Waals surface area contributed by atoms with Gasteiger partial charge in [-0.1, -0.05) is 47.5 Å². The first-order valence-electron chi connectivity index (χ1n) is 5.85. The van der Waals surface area contributed by atoms with Crippen molar-refractivity contribution in [3.63, 3.8) is 0 Å². The van der Waals surface area contributed by atoms with E-state index in [0.717, 1.165) is 16.3 Å². The minimum atomic E-state index is 0.562. The van der Waals surface area contributed by atoms with Gasteiger partial charge < -0.3 is 0 Å². The van der Waals surface area contributed by atoms with Gasteiger partial charge in [-0.25, -0.2) is 4.98 Å². The van der Waals surface area contributed by atoms with Crippen molar-refractivity contribution in [3.05, 3.63) is 61.7 Å². The Hall–Kier alpha value is -1.13. The largest absolute Gasteiger partial charge is 0.236 e. The Balaban J connectivity index is 1.85. The SMILES string of the molecule is Clc1cccc(C=Cc2nc(-c3cccs3)cs2)c1Cl. The van der Waals surface area contributed by atoms with Crippen molar-refractivity contribution >= 4 is 58.0 Å². The van der Waals surface area contributed by atoms with Crippen molar-refractivity contribution in [2.45, 2.75) is 0 Å². The van der Waals surface area contributed by atoms with E-state index < -0.39 is 0 Å². The molecule has 0 aliphatic carbocycles. The molecule has 0 atom stereocenters. The number of halogens is 2. The predicted molar refractivity (Wildman–Crippen MR) is 90.8 cm³/mol. The van der Waals surface area contributed by atoms with Gasteiger partial charge in [-0.15, -0.1) is 22.7 Å². The van der Waals surface area contributed by atoms with E-state index in [1.54, 1.807) is 28.7 Å². The molecule has 0 bridgehead atoms. The number of nitrogens with zero attached hydrogens (tertiary/aromatic N) is 1. The highest BCUT2D eigenvalue weighted by Gasteiger charge is 2.04. The third-order valence-electron chi connectivity index (χ3n) is 2.68. The lowest BCUT2D eigenvalue weighted by atomic mass is 10.2. The van der Waals surface area contributed by atoms with Gasteiger partial charge in [0.1, 0.15) is 5.01 Å². The van der Waals surface area contributed by atoms with Crippen molar-refractivity contribution in [2.75, 3.05) is 0 Å². The molecule has 0 saturated carbocycles. The topological polar surface area (TPSA) is 12.9 Å². The van der Waals surface area contributed by atoms with Gasteiger partial charge in [-0.05, 0) is 29.2 Å². The third-order valence-corrected chi connectivity index (χ3v) is 5.22. The number of benzene rings is 1. The van der Waals surface area contributed by atoms with E-state index in [4.69, 9.17) is 23.2 Å². The molecule has 20 heavy (non-hydrogen) atoms. The minimum absolute atomic E-state index is 0.562. The smallest absolute Gasteiger partial charge is 0.116 e. The van der Waals surface area contributed by atoms with Crippen LogP contribution in [0, 0.1) is 0 Å². The van der Waals surface area contributed by atoms with Gasteiger partial charge in [0, 0.05) is 5.38 Å². The molecular weight excluding hydrogens is 329 g/mol. The van der Waals surface area contributed by atoms with E-state index in [1.165, 1.54) is 4.88 Å². The number of thiazole rings is 1. The Labute approximate surface area is 135 Å². The van der Waals surface area contributed by atoms with Crippen LogP contribution >= 0.6 is 45.9 Å². The van der Waals surface area contributed by atoms with Crippen LogP contribution in [-0.4, -0.2) is 4.98 Å². The Morgan fingerprint density at radius 1 is 1.00 bits per heavy atom. The molecule has 2 aromatic heterocycles. The molecule has 0 aliphatic rings. The van der Waals surface area contributed by atoms with Crippen LogP contribution in [0.5, 0.6) is 0 Å². The highest BCUT2D eigenvalue weighted by Crippen LogP contribution is 2.29. The Bertz CT molecular complexity index is 745. The van der Waals surface area contributed by atoms with E-state index in [9.17, 15) is 0 Å². The first kappa shape index (κ1) is 13.8. The summed E-state index contributed by atoms with van der Waals surface area (Å²) in [5.74, 6) is 0. The van der Waals surface area contributed by atoms with Crippen LogP contribution in [0.25, 0.3) is 22.7 Å². The maximum atomic E-state index is 6.15. The van der Waals surface area contributed by atoms with Gasteiger partial charge in [-0.3, -0.25) is 0 Å². The normalized spacial score (nSPS) is 11.3. The standard InChI is InChI=1S/C15H9Cl2NS2/c16-11-4-1-3-10(15(11)17)6-7-14-18-12(9-20-14)13-5-2-8-19-13/h1-9H. The summed E-state index contributed by atoms with van der Waals surface area (Å²) in [5.41, 5.74) is 1.91. The van der Waals surface area contributed by atoms with E-state index >= 15 is 0 Å². The second-order valence-electron chi connectivity index (χ2n) is 4.02. The van der Waals surface area contributed by atoms with Crippen LogP contribution in [0.4, 0.5) is 0 Å². The molecule has 2 heterocycles. The van der Waals surface area contributed by atoms with Gasteiger partial charge in [0.25, 0.3) is 0 Å². The maximum absolute atomic E-state index is 6.15. The molecule has 0 saturated heterocycles. The van der Waals surface area contributed by atoms with Gasteiger partial charge in [0.2, 0.25) is 0 Å². The zero-order chi connectivity index (χ0) is 13.9. The lowest BCUT2D eigenvalue weighted by Gasteiger charge is -1.99. The number of hydrogen-bond donors (Lipinski definition) is 0. The number of hydrogen-bond acceptors (Lipinski definition) is 3. The highest BCUT2D eigenvalue weighted by molar-refractivity contribution is 7.14. The van der Waals surface area contributed by atoms with Gasteiger partial charge in [-0.2, -0.15) is 0 Å². The average Bonchev–Trinajstić information content (AvgIpc) is 3.10. The van der Waals surface area contributed by atoms with Gasteiger partial charge in [0.05, 0.1) is 20.6 Å². The summed E-state index contributed by atoms with van der Waals surface area (Å²) in [6, 6.07) is 9.69. The van der Waals surface area contributed by atoms with Crippen molar-refractivity contribution in [2.24, 2.45) is 0 Å². The van der Waals surface area contributed by atoms with Crippen LogP contribution in [0.2, 0.25) is 10.0 Å². The summed E-state index contributed by atoms with van der Waals surface area (Å²) in [6.45, 7) is 0. The maximum Gasteiger partial charge on any atom is 0.116 e. The zero-order valence-corrected chi connectivity index (χ0v) is 13.4. The second kappa shape index (κ2) is 6.10. The molecule has 0 spiro atoms.